The third kappa shape index (κ3) is 4.75. The van der Waals surface area contributed by atoms with Gasteiger partial charge in [-0.3, -0.25) is 4.79 Å². The summed E-state index contributed by atoms with van der Waals surface area (Å²) in [4.78, 5) is 12.5. The molecule has 140 valence electrons. The van der Waals surface area contributed by atoms with Crippen molar-refractivity contribution in [1.82, 2.24) is 9.78 Å². The van der Waals surface area contributed by atoms with Crippen LogP contribution in [0.3, 0.4) is 0 Å². The van der Waals surface area contributed by atoms with Gasteiger partial charge in [-0.05, 0) is 43.3 Å². The molecule has 0 aliphatic rings. The van der Waals surface area contributed by atoms with Crippen molar-refractivity contribution in [3.63, 3.8) is 0 Å². The number of benzene rings is 2. The highest BCUT2D eigenvalue weighted by Gasteiger charge is 2.17. The van der Waals surface area contributed by atoms with Gasteiger partial charge < -0.3 is 5.32 Å². The first-order valence-electron chi connectivity index (χ1n) is 8.24. The Bertz CT molecular complexity index is 1050. The number of carbonyl (C=O) groups excluding carboxylic acids is 1. The van der Waals surface area contributed by atoms with Gasteiger partial charge in [-0.25, -0.2) is 13.1 Å². The van der Waals surface area contributed by atoms with Crippen molar-refractivity contribution in [1.29, 1.82) is 0 Å². The molecule has 6 nitrogen and oxygen atoms in total. The summed E-state index contributed by atoms with van der Waals surface area (Å²) in [7, 11) is -3.53. The number of hydrogen-bond acceptors (Lipinski definition) is 4. The van der Waals surface area contributed by atoms with Crippen LogP contribution in [-0.4, -0.2) is 29.9 Å². The molecule has 0 saturated carbocycles. The molecular weight excluding hydrogens is 386 g/mol. The third-order valence-corrected chi connectivity index (χ3v) is 5.93. The molecule has 1 amide bonds. The van der Waals surface area contributed by atoms with Crippen LogP contribution >= 0.6 is 11.6 Å². The molecule has 8 heteroatoms. The predicted molar refractivity (Wildman–Crippen MR) is 105 cm³/mol. The van der Waals surface area contributed by atoms with Gasteiger partial charge in [-0.2, -0.15) is 5.10 Å². The molecule has 3 rings (SSSR count). The highest BCUT2D eigenvalue weighted by Crippen LogP contribution is 2.24. The minimum absolute atomic E-state index is 0.165. The normalized spacial score (nSPS) is 11.3. The Labute approximate surface area is 162 Å². The van der Waals surface area contributed by atoms with Crippen LogP contribution in [0.15, 0.2) is 65.8 Å². The van der Waals surface area contributed by atoms with Crippen LogP contribution in [-0.2, 0) is 14.6 Å². The Morgan fingerprint density at radius 3 is 2.59 bits per heavy atom. The highest BCUT2D eigenvalue weighted by molar-refractivity contribution is 7.91. The summed E-state index contributed by atoms with van der Waals surface area (Å²) in [5, 5.41) is 7.32. The van der Waals surface area contributed by atoms with Gasteiger partial charge >= 0.3 is 0 Å². The Hall–Kier alpha value is -2.64. The number of sulfone groups is 1. The second-order valence-corrected chi connectivity index (χ2v) is 8.59. The zero-order valence-corrected chi connectivity index (χ0v) is 16.2. The van der Waals surface area contributed by atoms with Gasteiger partial charge in [-0.1, -0.05) is 29.3 Å². The summed E-state index contributed by atoms with van der Waals surface area (Å²) in [5.41, 5.74) is 2.07. The average molecular weight is 404 g/mol. The quantitative estimate of drug-likeness (QED) is 0.681. The van der Waals surface area contributed by atoms with Gasteiger partial charge in [0.1, 0.15) is 0 Å². The van der Waals surface area contributed by atoms with E-state index in [1.807, 2.05) is 6.92 Å². The van der Waals surface area contributed by atoms with Gasteiger partial charge in [0.15, 0.2) is 9.84 Å². The molecule has 0 spiro atoms. The van der Waals surface area contributed by atoms with Crippen molar-refractivity contribution < 1.29 is 13.2 Å². The molecular formula is C19H18ClN3O3S. The molecule has 0 bridgehead atoms. The molecule has 0 saturated heterocycles. The summed E-state index contributed by atoms with van der Waals surface area (Å²) in [6, 6.07) is 13.3. The van der Waals surface area contributed by atoms with E-state index in [-0.39, 0.29) is 17.1 Å². The maximum Gasteiger partial charge on any atom is 0.225 e. The zero-order chi connectivity index (χ0) is 19.4. The molecule has 1 aromatic heterocycles. The summed E-state index contributed by atoms with van der Waals surface area (Å²) < 4.78 is 26.4. The minimum atomic E-state index is -3.53. The topological polar surface area (TPSA) is 81.1 Å². The predicted octanol–water partition coefficient (Wildman–Crippen LogP) is 3.64. The van der Waals surface area contributed by atoms with Gasteiger partial charge in [0, 0.05) is 23.8 Å². The van der Waals surface area contributed by atoms with Crippen molar-refractivity contribution in [2.75, 3.05) is 11.1 Å². The number of hydrogen-bond donors (Lipinski definition) is 1. The summed E-state index contributed by atoms with van der Waals surface area (Å²) in [5.74, 6) is -0.694. The fraction of sp³-hybridized carbons (Fsp3) is 0.158. The molecule has 1 heterocycles. The molecule has 3 aromatic rings. The summed E-state index contributed by atoms with van der Waals surface area (Å²) in [6.45, 7) is 1.88. The molecule has 2 aromatic carbocycles. The monoisotopic (exact) mass is 403 g/mol. The lowest BCUT2D eigenvalue weighted by molar-refractivity contribution is -0.115. The lowest BCUT2D eigenvalue weighted by Gasteiger charge is -2.12. The van der Waals surface area contributed by atoms with E-state index in [9.17, 15) is 13.2 Å². The number of anilines is 1. The first-order valence-corrected chi connectivity index (χ1v) is 10.3. The van der Waals surface area contributed by atoms with E-state index < -0.39 is 15.7 Å². The molecule has 0 aliphatic carbocycles. The Morgan fingerprint density at radius 1 is 1.19 bits per heavy atom. The average Bonchev–Trinajstić information content (AvgIpc) is 3.15. The molecule has 0 unspecified atom stereocenters. The zero-order valence-electron chi connectivity index (χ0n) is 14.6. The fourth-order valence-corrected chi connectivity index (χ4v) is 3.94. The van der Waals surface area contributed by atoms with E-state index in [1.165, 1.54) is 0 Å². The number of nitrogens with zero attached hydrogens (tertiary/aromatic N) is 2. The van der Waals surface area contributed by atoms with Gasteiger partial charge in [0.25, 0.3) is 0 Å². The lowest BCUT2D eigenvalue weighted by Crippen LogP contribution is -2.18. The SMILES string of the molecule is Cc1ccc(S(=O)(=O)CCC(=O)Nc2cc(Cl)ccc2-n2cccn2)cc1. The van der Waals surface area contributed by atoms with Crippen LogP contribution in [0.5, 0.6) is 0 Å². The van der Waals surface area contributed by atoms with Gasteiger partial charge in [0.05, 0.1) is 22.0 Å². The van der Waals surface area contributed by atoms with Crippen LogP contribution in [0.1, 0.15) is 12.0 Å². The van der Waals surface area contributed by atoms with Crippen molar-refractivity contribution in [2.45, 2.75) is 18.2 Å². The summed E-state index contributed by atoms with van der Waals surface area (Å²) in [6.07, 6.45) is 3.19. The Balaban J connectivity index is 1.71. The molecule has 0 fully saturated rings. The van der Waals surface area contributed by atoms with Crippen LogP contribution in [0.25, 0.3) is 5.69 Å². The van der Waals surface area contributed by atoms with E-state index in [0.29, 0.717) is 16.4 Å². The van der Waals surface area contributed by atoms with Crippen molar-refractivity contribution in [3.05, 3.63) is 71.5 Å². The number of aromatic nitrogens is 2. The molecule has 27 heavy (non-hydrogen) atoms. The lowest BCUT2D eigenvalue weighted by atomic mass is 10.2. The third-order valence-electron chi connectivity index (χ3n) is 3.96. The fourth-order valence-electron chi connectivity index (χ4n) is 2.52. The van der Waals surface area contributed by atoms with Crippen LogP contribution in [0.2, 0.25) is 5.02 Å². The summed E-state index contributed by atoms with van der Waals surface area (Å²) >= 11 is 6.03. The maximum absolute atomic E-state index is 12.4. The van der Waals surface area contributed by atoms with Gasteiger partial charge in [-0.15, -0.1) is 0 Å². The molecule has 0 atom stereocenters. The van der Waals surface area contributed by atoms with Crippen molar-refractivity contribution in [3.8, 4) is 5.69 Å². The van der Waals surface area contributed by atoms with Crippen molar-refractivity contribution >= 4 is 33.0 Å². The molecule has 0 radical (unpaired) electrons. The Kier molecular flexibility index (Phi) is 5.62. The van der Waals surface area contributed by atoms with Gasteiger partial charge in [0.2, 0.25) is 5.91 Å². The van der Waals surface area contributed by atoms with Crippen LogP contribution in [0.4, 0.5) is 5.69 Å². The second kappa shape index (κ2) is 7.94. The van der Waals surface area contributed by atoms with Crippen molar-refractivity contribution in [2.24, 2.45) is 0 Å². The first-order chi connectivity index (χ1) is 12.8. The number of aryl methyl sites for hydroxylation is 1. The smallest absolute Gasteiger partial charge is 0.225 e. The molecule has 1 N–H and O–H groups in total. The standard InChI is InChI=1S/C19H18ClN3O3S/c1-14-3-6-16(7-4-14)27(25,26)12-9-19(24)22-17-13-15(20)5-8-18(17)23-11-2-10-21-23/h2-8,10-11,13H,9,12H2,1H3,(H,22,24). The van der Waals surface area contributed by atoms with E-state index in [1.54, 1.807) is 65.6 Å². The number of halogens is 1. The molecule has 0 aliphatic heterocycles. The largest absolute Gasteiger partial charge is 0.324 e. The van der Waals surface area contributed by atoms with E-state index in [0.717, 1.165) is 5.56 Å². The van der Waals surface area contributed by atoms with E-state index in [4.69, 9.17) is 11.6 Å². The second-order valence-electron chi connectivity index (χ2n) is 6.04. The minimum Gasteiger partial charge on any atom is -0.324 e. The van der Waals surface area contributed by atoms with E-state index >= 15 is 0 Å². The maximum atomic E-state index is 12.4. The van der Waals surface area contributed by atoms with Crippen LogP contribution in [0, 0.1) is 6.92 Å². The number of amides is 1. The number of rotatable bonds is 6. The first kappa shape index (κ1) is 19.1. The van der Waals surface area contributed by atoms with E-state index in [2.05, 4.69) is 10.4 Å². The highest BCUT2D eigenvalue weighted by atomic mass is 35.5. The Morgan fingerprint density at radius 2 is 1.93 bits per heavy atom. The van der Waals surface area contributed by atoms with Crippen LogP contribution < -0.4 is 5.32 Å². The number of nitrogens with one attached hydrogen (secondary N) is 1. The number of carbonyl (C=O) groups is 1.